The Labute approximate surface area is 162 Å². The summed E-state index contributed by atoms with van der Waals surface area (Å²) in [6.07, 6.45) is 3.05. The van der Waals surface area contributed by atoms with Crippen LogP contribution in [-0.2, 0) is 24.4 Å². The van der Waals surface area contributed by atoms with Crippen molar-refractivity contribution in [3.05, 3.63) is 83.7 Å². The zero-order valence-electron chi connectivity index (χ0n) is 15.5. The molecule has 0 unspecified atom stereocenters. The Balaban J connectivity index is 1.80. The maximum atomic E-state index is 12.8. The minimum absolute atomic E-state index is 0.150. The van der Waals surface area contributed by atoms with E-state index in [1.54, 1.807) is 23.0 Å². The van der Waals surface area contributed by atoms with E-state index in [1.807, 2.05) is 43.5 Å². The van der Waals surface area contributed by atoms with E-state index < -0.39 is 12.1 Å². The number of nitrogens with zero attached hydrogens (tertiary/aromatic N) is 3. The minimum atomic E-state index is -1.02. The van der Waals surface area contributed by atoms with E-state index in [9.17, 15) is 9.59 Å². The molecule has 3 rings (SSSR count). The minimum Gasteiger partial charge on any atom is -0.478 e. The molecule has 0 fully saturated rings. The van der Waals surface area contributed by atoms with Gasteiger partial charge in [0.2, 0.25) is 0 Å². The molecule has 0 radical (unpaired) electrons. The second-order valence-electron chi connectivity index (χ2n) is 6.18. The third kappa shape index (κ3) is 4.76. The van der Waals surface area contributed by atoms with Crippen LogP contribution >= 0.6 is 0 Å². The van der Waals surface area contributed by atoms with E-state index in [0.29, 0.717) is 5.69 Å². The molecule has 0 aliphatic carbocycles. The van der Waals surface area contributed by atoms with Crippen LogP contribution in [0, 0.1) is 0 Å². The van der Waals surface area contributed by atoms with Crippen LogP contribution in [-0.4, -0.2) is 26.9 Å². The lowest BCUT2D eigenvalue weighted by Crippen LogP contribution is -2.31. The Hall–Kier alpha value is -3.61. The number of carboxylic acids is 1. The van der Waals surface area contributed by atoms with Crippen molar-refractivity contribution in [1.29, 1.82) is 0 Å². The first-order chi connectivity index (χ1) is 13.6. The highest BCUT2D eigenvalue weighted by molar-refractivity contribution is 5.90. The van der Waals surface area contributed by atoms with Crippen molar-refractivity contribution in [2.75, 3.05) is 4.90 Å². The van der Waals surface area contributed by atoms with E-state index in [4.69, 9.17) is 9.84 Å². The molecule has 144 valence electrons. The van der Waals surface area contributed by atoms with Gasteiger partial charge >= 0.3 is 12.1 Å². The second-order valence-corrected chi connectivity index (χ2v) is 6.18. The van der Waals surface area contributed by atoms with Gasteiger partial charge < -0.3 is 9.84 Å². The summed E-state index contributed by atoms with van der Waals surface area (Å²) in [5, 5.41) is 13.3. The molecule has 28 heavy (non-hydrogen) atoms. The van der Waals surface area contributed by atoms with Gasteiger partial charge in [-0.25, -0.2) is 9.59 Å². The average molecular weight is 379 g/mol. The van der Waals surface area contributed by atoms with Gasteiger partial charge in [-0.05, 0) is 36.8 Å². The quantitative estimate of drug-likeness (QED) is 0.672. The number of carbonyl (C=O) groups excluding carboxylic acids is 1. The van der Waals surface area contributed by atoms with Crippen LogP contribution in [0.25, 0.3) is 0 Å². The monoisotopic (exact) mass is 379 g/mol. The molecule has 2 aromatic carbocycles. The van der Waals surface area contributed by atoms with E-state index in [0.717, 1.165) is 17.7 Å². The SMILES string of the molecule is CCn1cc(CN(C(=O)OCc2ccccc2)c2ccc(C(=O)O)cc2)cn1. The number of ether oxygens (including phenoxy) is 1. The zero-order chi connectivity index (χ0) is 19.9. The van der Waals surface area contributed by atoms with Crippen LogP contribution in [0.15, 0.2) is 67.0 Å². The fourth-order valence-electron chi connectivity index (χ4n) is 2.69. The molecule has 0 aliphatic rings. The van der Waals surface area contributed by atoms with E-state index in [1.165, 1.54) is 17.0 Å². The summed E-state index contributed by atoms with van der Waals surface area (Å²) in [7, 11) is 0. The molecule has 3 aromatic rings. The Morgan fingerprint density at radius 3 is 2.39 bits per heavy atom. The van der Waals surface area contributed by atoms with Gasteiger partial charge in [-0.3, -0.25) is 9.58 Å². The molecule has 0 spiro atoms. The topological polar surface area (TPSA) is 84.7 Å². The van der Waals surface area contributed by atoms with Crippen molar-refractivity contribution in [2.45, 2.75) is 26.6 Å². The highest BCUT2D eigenvalue weighted by atomic mass is 16.6. The standard InChI is InChI=1S/C21H21N3O4/c1-2-23-13-17(12-22-23)14-24(19-10-8-18(9-11-19)20(25)26)21(27)28-15-16-6-4-3-5-7-16/h3-13H,2,14-15H2,1H3,(H,25,26). The number of carbonyl (C=O) groups is 2. The molecule has 1 aromatic heterocycles. The molecule has 1 N–H and O–H groups in total. The Morgan fingerprint density at radius 1 is 1.07 bits per heavy atom. The Bertz CT molecular complexity index is 936. The molecular formula is C21H21N3O4. The summed E-state index contributed by atoms with van der Waals surface area (Å²) in [6.45, 7) is 3.12. The molecule has 0 bridgehead atoms. The number of hydrogen-bond acceptors (Lipinski definition) is 4. The van der Waals surface area contributed by atoms with E-state index in [-0.39, 0.29) is 18.7 Å². The molecule has 7 nitrogen and oxygen atoms in total. The highest BCUT2D eigenvalue weighted by Crippen LogP contribution is 2.20. The lowest BCUT2D eigenvalue weighted by Gasteiger charge is -2.22. The first-order valence-electron chi connectivity index (χ1n) is 8.89. The Kier molecular flexibility index (Phi) is 6.06. The molecule has 1 amide bonds. The molecule has 0 saturated heterocycles. The predicted molar refractivity (Wildman–Crippen MR) is 104 cm³/mol. The summed E-state index contributed by atoms with van der Waals surface area (Å²) in [5.41, 5.74) is 2.43. The van der Waals surface area contributed by atoms with Gasteiger partial charge in [0.1, 0.15) is 6.61 Å². The van der Waals surface area contributed by atoms with Crippen LogP contribution in [0.2, 0.25) is 0 Å². The number of anilines is 1. The summed E-state index contributed by atoms with van der Waals surface area (Å²) in [4.78, 5) is 25.3. The molecule has 0 atom stereocenters. The van der Waals surface area contributed by atoms with Crippen molar-refractivity contribution < 1.29 is 19.4 Å². The molecular weight excluding hydrogens is 358 g/mol. The molecule has 0 saturated carbocycles. The van der Waals surface area contributed by atoms with Crippen molar-refractivity contribution >= 4 is 17.7 Å². The number of aromatic carboxylic acids is 1. The number of rotatable bonds is 7. The first-order valence-corrected chi connectivity index (χ1v) is 8.89. The lowest BCUT2D eigenvalue weighted by molar-refractivity contribution is 0.0697. The van der Waals surface area contributed by atoms with Gasteiger partial charge in [-0.2, -0.15) is 5.10 Å². The normalized spacial score (nSPS) is 10.5. The van der Waals surface area contributed by atoms with Gasteiger partial charge in [0.05, 0.1) is 18.3 Å². The van der Waals surface area contributed by atoms with Crippen molar-refractivity contribution in [3.63, 3.8) is 0 Å². The summed E-state index contributed by atoms with van der Waals surface area (Å²) in [5.74, 6) is -1.02. The second kappa shape index (κ2) is 8.85. The average Bonchev–Trinajstić information content (AvgIpc) is 3.19. The van der Waals surface area contributed by atoms with Gasteiger partial charge in [0.15, 0.2) is 0 Å². The van der Waals surface area contributed by atoms with Crippen LogP contribution in [0.3, 0.4) is 0 Å². The van der Waals surface area contributed by atoms with Crippen molar-refractivity contribution in [2.24, 2.45) is 0 Å². The van der Waals surface area contributed by atoms with Gasteiger partial charge in [0, 0.05) is 24.0 Å². The van der Waals surface area contributed by atoms with Crippen LogP contribution in [0.5, 0.6) is 0 Å². The van der Waals surface area contributed by atoms with Crippen molar-refractivity contribution in [1.82, 2.24) is 9.78 Å². The Morgan fingerprint density at radius 2 is 1.79 bits per heavy atom. The van der Waals surface area contributed by atoms with E-state index in [2.05, 4.69) is 5.10 Å². The number of amides is 1. The fourth-order valence-corrected chi connectivity index (χ4v) is 2.69. The largest absolute Gasteiger partial charge is 0.478 e. The number of aryl methyl sites for hydroxylation is 1. The van der Waals surface area contributed by atoms with Crippen LogP contribution < -0.4 is 4.90 Å². The first kappa shape index (κ1) is 19.2. The molecule has 7 heteroatoms. The highest BCUT2D eigenvalue weighted by Gasteiger charge is 2.19. The number of aromatic nitrogens is 2. The molecule has 0 aliphatic heterocycles. The third-order valence-corrected chi connectivity index (χ3v) is 4.20. The third-order valence-electron chi connectivity index (χ3n) is 4.20. The fraction of sp³-hybridized carbons (Fsp3) is 0.190. The summed E-state index contributed by atoms with van der Waals surface area (Å²) < 4.78 is 7.25. The van der Waals surface area contributed by atoms with Crippen molar-refractivity contribution in [3.8, 4) is 0 Å². The summed E-state index contributed by atoms with van der Waals surface area (Å²) in [6, 6.07) is 15.5. The van der Waals surface area contributed by atoms with Crippen LogP contribution in [0.4, 0.5) is 10.5 Å². The van der Waals surface area contributed by atoms with Crippen LogP contribution in [0.1, 0.15) is 28.4 Å². The smallest absolute Gasteiger partial charge is 0.414 e. The number of hydrogen-bond donors (Lipinski definition) is 1. The summed E-state index contributed by atoms with van der Waals surface area (Å²) >= 11 is 0. The maximum Gasteiger partial charge on any atom is 0.414 e. The predicted octanol–water partition coefficient (Wildman–Crippen LogP) is 3.94. The zero-order valence-corrected chi connectivity index (χ0v) is 15.5. The molecule has 1 heterocycles. The lowest BCUT2D eigenvalue weighted by atomic mass is 10.2. The maximum absolute atomic E-state index is 12.8. The number of carboxylic acid groups (broad SMARTS) is 1. The van der Waals surface area contributed by atoms with Gasteiger partial charge in [0.25, 0.3) is 0 Å². The van der Waals surface area contributed by atoms with E-state index >= 15 is 0 Å². The van der Waals surface area contributed by atoms with Gasteiger partial charge in [-0.1, -0.05) is 30.3 Å². The number of benzene rings is 2. The van der Waals surface area contributed by atoms with Gasteiger partial charge in [-0.15, -0.1) is 0 Å².